The van der Waals surface area contributed by atoms with Gasteiger partial charge in [0.1, 0.15) is 35.0 Å². The molecule has 2 aliphatic rings. The third-order valence-corrected chi connectivity index (χ3v) is 8.59. The SMILES string of the molecule is CC(C)(/C=C(/C#N)C(=O)N1CC[C@H](n2c(=O)n(-c3ccc(Oc4ccccc4)cc3)c3c(N)ncnc32)C1)N1CCCCC1. The van der Waals surface area contributed by atoms with Gasteiger partial charge in [0.2, 0.25) is 0 Å². The molecule has 0 bridgehead atoms. The highest BCUT2D eigenvalue weighted by Crippen LogP contribution is 2.30. The fourth-order valence-electron chi connectivity index (χ4n) is 6.29. The molecule has 2 aliphatic heterocycles. The molecule has 2 N–H and O–H groups in total. The minimum atomic E-state index is -0.416. The topological polar surface area (TPSA) is 135 Å². The molecule has 11 nitrogen and oxygen atoms in total. The van der Waals surface area contributed by atoms with Crippen molar-refractivity contribution in [1.29, 1.82) is 5.26 Å². The third-order valence-electron chi connectivity index (χ3n) is 8.59. The number of carbonyl (C=O) groups is 1. The lowest BCUT2D eigenvalue weighted by Crippen LogP contribution is -2.46. The molecule has 4 aromatic rings. The number of piperidine rings is 1. The summed E-state index contributed by atoms with van der Waals surface area (Å²) in [6.07, 6.45) is 7.10. The lowest BCUT2D eigenvalue weighted by atomic mass is 9.95. The molecule has 1 amide bonds. The maximum atomic E-state index is 14.0. The van der Waals surface area contributed by atoms with Gasteiger partial charge in [0.05, 0.1) is 11.7 Å². The van der Waals surface area contributed by atoms with E-state index in [1.807, 2.05) is 30.3 Å². The van der Waals surface area contributed by atoms with Crippen LogP contribution in [0.5, 0.6) is 11.5 Å². The van der Waals surface area contributed by atoms with Gasteiger partial charge in [-0.1, -0.05) is 24.6 Å². The van der Waals surface area contributed by atoms with E-state index in [0.717, 1.165) is 25.9 Å². The number of carbonyl (C=O) groups excluding carboxylic acids is 1. The molecule has 2 aromatic heterocycles. The Kier molecular flexibility index (Phi) is 7.93. The zero-order chi connectivity index (χ0) is 30.8. The first-order valence-corrected chi connectivity index (χ1v) is 15.0. The maximum absolute atomic E-state index is 14.0. The third kappa shape index (κ3) is 5.56. The molecule has 0 unspecified atom stereocenters. The van der Waals surface area contributed by atoms with Crippen molar-refractivity contribution in [3.63, 3.8) is 0 Å². The van der Waals surface area contributed by atoms with Gasteiger partial charge in [-0.25, -0.2) is 14.8 Å². The van der Waals surface area contributed by atoms with E-state index in [0.29, 0.717) is 41.3 Å². The second-order valence-electron chi connectivity index (χ2n) is 11.9. The van der Waals surface area contributed by atoms with E-state index in [2.05, 4.69) is 34.8 Å². The van der Waals surface area contributed by atoms with Crippen LogP contribution in [0.1, 0.15) is 45.6 Å². The Morgan fingerprint density at radius 3 is 2.43 bits per heavy atom. The molecule has 0 saturated carbocycles. The number of anilines is 1. The number of fused-ring (bicyclic) bond motifs is 1. The Labute approximate surface area is 255 Å². The van der Waals surface area contributed by atoms with Crippen molar-refractivity contribution in [3.8, 4) is 23.3 Å². The predicted octanol–water partition coefficient (Wildman–Crippen LogP) is 4.44. The number of nitrogen functional groups attached to an aromatic ring is 1. The van der Waals surface area contributed by atoms with Gasteiger partial charge in [0, 0.05) is 18.6 Å². The molecule has 4 heterocycles. The van der Waals surface area contributed by atoms with E-state index < -0.39 is 5.54 Å². The Hall–Kier alpha value is -4.95. The van der Waals surface area contributed by atoms with Gasteiger partial charge < -0.3 is 15.4 Å². The first-order chi connectivity index (χ1) is 21.3. The van der Waals surface area contributed by atoms with Crippen LogP contribution in [0.25, 0.3) is 16.9 Å². The number of ether oxygens (including phenoxy) is 1. The monoisotopic (exact) mass is 592 g/mol. The molecule has 44 heavy (non-hydrogen) atoms. The molecular weight excluding hydrogens is 556 g/mol. The van der Waals surface area contributed by atoms with Crippen molar-refractivity contribution >= 4 is 22.9 Å². The van der Waals surface area contributed by atoms with Crippen molar-refractivity contribution < 1.29 is 9.53 Å². The summed E-state index contributed by atoms with van der Waals surface area (Å²) in [6, 6.07) is 18.4. The summed E-state index contributed by atoms with van der Waals surface area (Å²) < 4.78 is 9.02. The highest BCUT2D eigenvalue weighted by molar-refractivity contribution is 5.97. The normalized spacial score (nSPS) is 18.0. The van der Waals surface area contributed by atoms with Crippen molar-refractivity contribution in [2.45, 2.75) is 51.1 Å². The lowest BCUT2D eigenvalue weighted by Gasteiger charge is -2.39. The van der Waals surface area contributed by atoms with E-state index in [4.69, 9.17) is 10.5 Å². The van der Waals surface area contributed by atoms with Crippen molar-refractivity contribution in [3.05, 3.63) is 83.1 Å². The van der Waals surface area contributed by atoms with Crippen LogP contribution in [0.2, 0.25) is 0 Å². The summed E-state index contributed by atoms with van der Waals surface area (Å²) in [5, 5.41) is 9.97. The molecule has 0 spiro atoms. The van der Waals surface area contributed by atoms with Crippen LogP contribution in [0.3, 0.4) is 0 Å². The Morgan fingerprint density at radius 1 is 1.02 bits per heavy atom. The summed E-state index contributed by atoms with van der Waals surface area (Å²) in [5.74, 6) is 1.18. The largest absolute Gasteiger partial charge is 0.457 e. The summed E-state index contributed by atoms with van der Waals surface area (Å²) in [7, 11) is 0. The number of rotatable bonds is 7. The Bertz CT molecular complexity index is 1800. The number of nitrogens with two attached hydrogens (primary N) is 1. The van der Waals surface area contributed by atoms with Gasteiger partial charge in [0.25, 0.3) is 5.91 Å². The molecule has 1 atom stereocenters. The summed E-state index contributed by atoms with van der Waals surface area (Å²) in [4.78, 5) is 40.2. The average molecular weight is 593 g/mol. The van der Waals surface area contributed by atoms with Gasteiger partial charge in [-0.2, -0.15) is 5.26 Å². The van der Waals surface area contributed by atoms with E-state index in [-0.39, 0.29) is 35.6 Å². The van der Waals surface area contributed by atoms with Crippen LogP contribution in [-0.2, 0) is 4.79 Å². The van der Waals surface area contributed by atoms with E-state index in [1.54, 1.807) is 39.8 Å². The van der Waals surface area contributed by atoms with Crippen LogP contribution in [0.15, 0.2) is 77.4 Å². The molecule has 11 heteroatoms. The molecule has 0 aliphatic carbocycles. The molecule has 0 radical (unpaired) electrons. The minimum absolute atomic E-state index is 0.125. The number of para-hydroxylation sites is 1. The van der Waals surface area contributed by atoms with Crippen LogP contribution in [0.4, 0.5) is 5.82 Å². The molecule has 2 saturated heterocycles. The fraction of sp³-hybridized carbons (Fsp3) is 0.364. The zero-order valence-corrected chi connectivity index (χ0v) is 25.0. The first kappa shape index (κ1) is 29.1. The predicted molar refractivity (Wildman–Crippen MR) is 167 cm³/mol. The van der Waals surface area contributed by atoms with Crippen LogP contribution >= 0.6 is 0 Å². The summed E-state index contributed by atoms with van der Waals surface area (Å²) in [5.41, 5.74) is 7.07. The van der Waals surface area contributed by atoms with Crippen LogP contribution < -0.4 is 16.2 Å². The Balaban J connectivity index is 1.28. The lowest BCUT2D eigenvalue weighted by molar-refractivity contribution is -0.125. The number of nitrogens with zero attached hydrogens (tertiary/aromatic N) is 7. The van der Waals surface area contributed by atoms with Crippen LogP contribution in [-0.4, -0.2) is 66.5 Å². The van der Waals surface area contributed by atoms with Gasteiger partial charge >= 0.3 is 5.69 Å². The minimum Gasteiger partial charge on any atom is -0.457 e. The highest BCUT2D eigenvalue weighted by Gasteiger charge is 2.34. The molecule has 226 valence electrons. The molecular formula is C33H36N8O3. The molecule has 6 rings (SSSR count). The number of aromatic nitrogens is 4. The van der Waals surface area contributed by atoms with E-state index >= 15 is 0 Å². The second kappa shape index (κ2) is 12.0. The smallest absolute Gasteiger partial charge is 0.335 e. The fourth-order valence-corrected chi connectivity index (χ4v) is 6.29. The number of hydrogen-bond acceptors (Lipinski definition) is 8. The maximum Gasteiger partial charge on any atom is 0.335 e. The van der Waals surface area contributed by atoms with Crippen LogP contribution in [0, 0.1) is 11.3 Å². The summed E-state index contributed by atoms with van der Waals surface area (Å²) in [6.45, 7) is 6.68. The number of hydrogen-bond donors (Lipinski definition) is 1. The number of imidazole rings is 1. The highest BCUT2D eigenvalue weighted by atomic mass is 16.5. The molecule has 2 fully saturated rings. The summed E-state index contributed by atoms with van der Waals surface area (Å²) >= 11 is 0. The number of amides is 1. The molecule has 2 aromatic carbocycles. The zero-order valence-electron chi connectivity index (χ0n) is 25.0. The van der Waals surface area contributed by atoms with Gasteiger partial charge in [-0.15, -0.1) is 0 Å². The van der Waals surface area contributed by atoms with Crippen molar-refractivity contribution in [2.24, 2.45) is 0 Å². The number of likely N-dealkylation sites (tertiary alicyclic amines) is 2. The standard InChI is InChI=1S/C33H36N8O3/c1-33(2,39-16-7-4-8-17-39)19-23(20-34)31(42)38-18-15-25(21-38)41-30-28(29(35)36-22-37-30)40(32(41)43)24-11-13-27(14-12-24)44-26-9-5-3-6-10-26/h3,5-6,9-14,19,22,25H,4,7-8,15-18,21H2,1-2H3,(H2,35,36,37)/b23-19-/t25-/m0/s1. The van der Waals surface area contributed by atoms with E-state index in [9.17, 15) is 14.9 Å². The van der Waals surface area contributed by atoms with Gasteiger partial charge in [-0.05, 0) is 88.7 Å². The second-order valence-corrected chi connectivity index (χ2v) is 11.9. The number of benzene rings is 2. The first-order valence-electron chi connectivity index (χ1n) is 15.0. The average Bonchev–Trinajstić information content (AvgIpc) is 3.64. The van der Waals surface area contributed by atoms with E-state index in [1.165, 1.54) is 17.3 Å². The quantitative estimate of drug-likeness (QED) is 0.246. The van der Waals surface area contributed by atoms with Crippen molar-refractivity contribution in [1.82, 2.24) is 28.9 Å². The Morgan fingerprint density at radius 2 is 1.73 bits per heavy atom. The van der Waals surface area contributed by atoms with Crippen molar-refractivity contribution in [2.75, 3.05) is 31.9 Å². The van der Waals surface area contributed by atoms with Gasteiger partial charge in [-0.3, -0.25) is 18.8 Å². The van der Waals surface area contributed by atoms with Gasteiger partial charge in [0.15, 0.2) is 11.5 Å². The number of nitriles is 1.